The van der Waals surface area contributed by atoms with E-state index in [-0.39, 0.29) is 5.02 Å². The van der Waals surface area contributed by atoms with Crippen molar-refractivity contribution in [1.82, 2.24) is 14.7 Å². The van der Waals surface area contributed by atoms with E-state index >= 15 is 0 Å². The van der Waals surface area contributed by atoms with Crippen LogP contribution in [0.4, 0.5) is 10.1 Å². The number of halogens is 2. The van der Waals surface area contributed by atoms with Gasteiger partial charge in [0.15, 0.2) is 5.11 Å². The molecule has 0 saturated heterocycles. The summed E-state index contributed by atoms with van der Waals surface area (Å²) in [4.78, 5) is 1.91. The smallest absolute Gasteiger partial charge is 0.173 e. The van der Waals surface area contributed by atoms with Crippen molar-refractivity contribution in [3.8, 4) is 0 Å². The number of nitrogens with one attached hydrogen (secondary N) is 1. The second-order valence-corrected chi connectivity index (χ2v) is 5.98. The first kappa shape index (κ1) is 16.7. The van der Waals surface area contributed by atoms with Crippen LogP contribution in [0.25, 0.3) is 0 Å². The van der Waals surface area contributed by atoms with Crippen LogP contribution in [-0.2, 0) is 13.6 Å². The fraction of sp³-hybridized carbons (Fsp3) is 0.333. The fourth-order valence-corrected chi connectivity index (χ4v) is 2.51. The van der Waals surface area contributed by atoms with E-state index in [0.717, 1.165) is 17.0 Å². The molecule has 0 aliphatic heterocycles. The largest absolute Gasteiger partial charge is 0.348 e. The molecule has 22 heavy (non-hydrogen) atoms. The summed E-state index contributed by atoms with van der Waals surface area (Å²) >= 11 is 11.1. The van der Waals surface area contributed by atoms with Crippen molar-refractivity contribution >= 4 is 34.6 Å². The molecule has 7 heteroatoms. The Labute approximate surface area is 139 Å². The van der Waals surface area contributed by atoms with Crippen molar-refractivity contribution in [2.45, 2.75) is 20.4 Å². The number of rotatable bonds is 3. The molecule has 1 N–H and O–H groups in total. The molecule has 0 saturated carbocycles. The van der Waals surface area contributed by atoms with Crippen LogP contribution < -0.4 is 5.32 Å². The molecular weight excluding hydrogens is 323 g/mol. The minimum Gasteiger partial charge on any atom is -0.348 e. The third-order valence-corrected chi connectivity index (χ3v) is 4.28. The highest BCUT2D eigenvalue weighted by molar-refractivity contribution is 7.80. The summed E-state index contributed by atoms with van der Waals surface area (Å²) in [5.74, 6) is -0.451. The summed E-state index contributed by atoms with van der Waals surface area (Å²) in [6.45, 7) is 4.65. The van der Waals surface area contributed by atoms with E-state index in [9.17, 15) is 4.39 Å². The molecule has 0 unspecified atom stereocenters. The van der Waals surface area contributed by atoms with Crippen LogP contribution in [0.2, 0.25) is 5.02 Å². The van der Waals surface area contributed by atoms with Crippen LogP contribution >= 0.6 is 23.8 Å². The van der Waals surface area contributed by atoms with Crippen molar-refractivity contribution in [2.24, 2.45) is 7.05 Å². The lowest BCUT2D eigenvalue weighted by Gasteiger charge is -2.21. The molecular formula is C15H18ClFN4S. The zero-order chi connectivity index (χ0) is 16.4. The summed E-state index contributed by atoms with van der Waals surface area (Å²) in [6, 6.07) is 4.42. The van der Waals surface area contributed by atoms with E-state index < -0.39 is 5.82 Å². The van der Waals surface area contributed by atoms with E-state index in [4.69, 9.17) is 23.8 Å². The second kappa shape index (κ2) is 6.62. The highest BCUT2D eigenvalue weighted by Crippen LogP contribution is 2.20. The Morgan fingerprint density at radius 2 is 2.14 bits per heavy atom. The Bertz CT molecular complexity index is 714. The van der Waals surface area contributed by atoms with Crippen molar-refractivity contribution in [3.63, 3.8) is 0 Å². The quantitative estimate of drug-likeness (QED) is 0.864. The summed E-state index contributed by atoms with van der Waals surface area (Å²) in [6.07, 6.45) is 0. The third-order valence-electron chi connectivity index (χ3n) is 3.57. The molecule has 0 aliphatic rings. The minimum absolute atomic E-state index is 0.0643. The number of aryl methyl sites for hydroxylation is 2. The monoisotopic (exact) mass is 340 g/mol. The molecule has 0 spiro atoms. The summed E-state index contributed by atoms with van der Waals surface area (Å²) < 4.78 is 15.0. The van der Waals surface area contributed by atoms with Gasteiger partial charge in [-0.05, 0) is 44.3 Å². The maximum atomic E-state index is 13.2. The Morgan fingerprint density at radius 3 is 2.68 bits per heavy atom. The van der Waals surface area contributed by atoms with Gasteiger partial charge in [0.1, 0.15) is 5.82 Å². The topological polar surface area (TPSA) is 33.1 Å². The first-order chi connectivity index (χ1) is 10.3. The van der Waals surface area contributed by atoms with Crippen molar-refractivity contribution < 1.29 is 4.39 Å². The van der Waals surface area contributed by atoms with E-state index in [1.165, 1.54) is 12.1 Å². The summed E-state index contributed by atoms with van der Waals surface area (Å²) in [5, 5.41) is 8.05. The van der Waals surface area contributed by atoms with E-state index in [0.29, 0.717) is 17.3 Å². The van der Waals surface area contributed by atoms with Gasteiger partial charge in [-0.2, -0.15) is 5.10 Å². The normalized spacial score (nSPS) is 10.6. The van der Waals surface area contributed by atoms with Gasteiger partial charge >= 0.3 is 0 Å². The fourth-order valence-electron chi connectivity index (χ4n) is 2.15. The lowest BCUT2D eigenvalue weighted by molar-refractivity contribution is 0.505. The molecule has 4 nitrogen and oxygen atoms in total. The zero-order valence-corrected chi connectivity index (χ0v) is 14.5. The van der Waals surface area contributed by atoms with Gasteiger partial charge in [0.2, 0.25) is 0 Å². The molecule has 0 amide bonds. The van der Waals surface area contributed by atoms with Crippen LogP contribution in [0.5, 0.6) is 0 Å². The van der Waals surface area contributed by atoms with Gasteiger partial charge in [-0.3, -0.25) is 4.68 Å². The Balaban J connectivity index is 2.07. The predicted molar refractivity (Wildman–Crippen MR) is 91.8 cm³/mol. The van der Waals surface area contributed by atoms with Crippen molar-refractivity contribution in [2.75, 3.05) is 12.4 Å². The van der Waals surface area contributed by atoms with Gasteiger partial charge < -0.3 is 10.2 Å². The molecule has 2 rings (SSSR count). The first-order valence-corrected chi connectivity index (χ1v) is 7.54. The van der Waals surface area contributed by atoms with E-state index in [1.807, 2.05) is 37.5 Å². The molecule has 1 heterocycles. The summed E-state index contributed by atoms with van der Waals surface area (Å²) in [7, 11) is 3.81. The van der Waals surface area contributed by atoms with E-state index in [2.05, 4.69) is 10.4 Å². The van der Waals surface area contributed by atoms with Crippen molar-refractivity contribution in [1.29, 1.82) is 0 Å². The molecule has 0 aliphatic carbocycles. The molecule has 1 aromatic heterocycles. The maximum absolute atomic E-state index is 13.2. The molecule has 1 aromatic carbocycles. The van der Waals surface area contributed by atoms with Gasteiger partial charge in [-0.1, -0.05) is 11.6 Å². The second-order valence-electron chi connectivity index (χ2n) is 5.19. The lowest BCUT2D eigenvalue weighted by atomic mass is 10.2. The van der Waals surface area contributed by atoms with Gasteiger partial charge in [0.25, 0.3) is 0 Å². The van der Waals surface area contributed by atoms with Crippen LogP contribution in [0, 0.1) is 19.7 Å². The van der Waals surface area contributed by atoms with E-state index in [1.54, 1.807) is 6.07 Å². The van der Waals surface area contributed by atoms with Crippen LogP contribution in [-0.4, -0.2) is 26.8 Å². The SMILES string of the molecule is Cc1nn(C)c(C)c1CN(C)C(=S)Nc1ccc(F)c(Cl)c1. The Kier molecular flexibility index (Phi) is 5.03. The number of nitrogens with zero attached hydrogens (tertiary/aromatic N) is 3. The number of hydrogen-bond donors (Lipinski definition) is 1. The average molecular weight is 341 g/mol. The average Bonchev–Trinajstić information content (AvgIpc) is 2.69. The van der Waals surface area contributed by atoms with Gasteiger partial charge in [0, 0.05) is 37.6 Å². The molecule has 2 aromatic rings. The maximum Gasteiger partial charge on any atom is 0.173 e. The number of benzene rings is 1. The van der Waals surface area contributed by atoms with Crippen LogP contribution in [0.15, 0.2) is 18.2 Å². The van der Waals surface area contributed by atoms with Gasteiger partial charge in [0.05, 0.1) is 10.7 Å². The molecule has 0 radical (unpaired) electrons. The lowest BCUT2D eigenvalue weighted by Crippen LogP contribution is -2.31. The molecule has 0 bridgehead atoms. The van der Waals surface area contributed by atoms with Crippen LogP contribution in [0.3, 0.4) is 0 Å². The minimum atomic E-state index is -0.451. The van der Waals surface area contributed by atoms with Gasteiger partial charge in [-0.15, -0.1) is 0 Å². The van der Waals surface area contributed by atoms with Crippen molar-refractivity contribution in [3.05, 3.63) is 46.0 Å². The zero-order valence-electron chi connectivity index (χ0n) is 12.9. The molecule has 118 valence electrons. The summed E-state index contributed by atoms with van der Waals surface area (Å²) in [5.41, 5.74) is 3.89. The predicted octanol–water partition coefficient (Wildman–Crippen LogP) is 3.66. The number of hydrogen-bond acceptors (Lipinski definition) is 2. The Hall–Kier alpha value is -1.66. The Morgan fingerprint density at radius 1 is 1.45 bits per heavy atom. The van der Waals surface area contributed by atoms with Crippen LogP contribution in [0.1, 0.15) is 17.0 Å². The number of aromatic nitrogens is 2. The highest BCUT2D eigenvalue weighted by atomic mass is 35.5. The highest BCUT2D eigenvalue weighted by Gasteiger charge is 2.13. The number of anilines is 1. The standard InChI is InChI=1S/C15H18ClFN4S/c1-9-12(10(2)21(4)19-9)8-20(3)15(22)18-11-5-6-14(17)13(16)7-11/h5-7H,8H2,1-4H3,(H,18,22). The molecule has 0 atom stereocenters. The molecule has 0 fully saturated rings. The number of thiocarbonyl (C=S) groups is 1. The third kappa shape index (κ3) is 3.56. The first-order valence-electron chi connectivity index (χ1n) is 6.76. The van der Waals surface area contributed by atoms with Gasteiger partial charge in [-0.25, -0.2) is 4.39 Å².